The molecule has 0 bridgehead atoms. The molecule has 0 spiro atoms. The van der Waals surface area contributed by atoms with Crippen LogP contribution < -0.4 is 11.0 Å². The van der Waals surface area contributed by atoms with Crippen LogP contribution in [0.4, 0.5) is 0 Å². The number of aliphatic hydroxyl groups is 1. The van der Waals surface area contributed by atoms with Gasteiger partial charge in [0, 0.05) is 13.7 Å². The molecular weight excluding hydrogens is 458 g/mol. The van der Waals surface area contributed by atoms with Gasteiger partial charge >= 0.3 is 5.69 Å². The summed E-state index contributed by atoms with van der Waals surface area (Å²) < 4.78 is 24.5. The van der Waals surface area contributed by atoms with Gasteiger partial charge in [-0.2, -0.15) is 0 Å². The number of hydrogen-bond acceptors (Lipinski definition) is 8. The van der Waals surface area contributed by atoms with Gasteiger partial charge in [-0.05, 0) is 37.3 Å². The quantitative estimate of drug-likeness (QED) is 0.252. The highest BCUT2D eigenvalue weighted by atomic mass is 16.6. The molecule has 2 heterocycles. The minimum Gasteiger partial charge on any atom is -0.379 e. The first-order valence-electron chi connectivity index (χ1n) is 12.0. The number of carbonyl (C=O) groups excluding carboxylic acids is 2. The molecule has 0 radical (unpaired) electrons. The third-order valence-corrected chi connectivity index (χ3v) is 5.86. The minimum atomic E-state index is -0.862. The third kappa shape index (κ3) is 7.45. The second kappa shape index (κ2) is 14.1. The van der Waals surface area contributed by atoms with Crippen LogP contribution >= 0.6 is 0 Å². The number of para-hydroxylation sites is 1. The molecule has 35 heavy (non-hydrogen) atoms. The Labute approximate surface area is 203 Å². The smallest absolute Gasteiger partial charge is 0.329 e. The Balaban J connectivity index is 1.41. The molecule has 3 rings (SSSR count). The molecule has 11 heteroatoms. The van der Waals surface area contributed by atoms with E-state index in [-0.39, 0.29) is 18.2 Å². The largest absolute Gasteiger partial charge is 0.379 e. The number of carbonyl (C=O) groups is 2. The van der Waals surface area contributed by atoms with E-state index in [9.17, 15) is 19.5 Å². The van der Waals surface area contributed by atoms with Crippen molar-refractivity contribution in [3.05, 3.63) is 34.2 Å². The first-order chi connectivity index (χ1) is 17.0. The summed E-state index contributed by atoms with van der Waals surface area (Å²) >= 11 is 0. The van der Waals surface area contributed by atoms with Crippen molar-refractivity contribution in [1.29, 1.82) is 0 Å². The molecule has 1 amide bonds. The van der Waals surface area contributed by atoms with Crippen molar-refractivity contribution >= 4 is 23.2 Å². The summed E-state index contributed by atoms with van der Waals surface area (Å²) in [5, 5.41) is 12.2. The van der Waals surface area contributed by atoms with Gasteiger partial charge in [0.05, 0.1) is 50.7 Å². The molecule has 11 nitrogen and oxygen atoms in total. The molecule has 1 aliphatic heterocycles. The maximum atomic E-state index is 13.0. The fraction of sp³-hybridized carbons (Fsp3) is 0.625. The third-order valence-electron chi connectivity index (χ3n) is 5.86. The molecule has 1 aromatic carbocycles. The Bertz CT molecular complexity index is 1020. The number of amides is 1. The number of nitrogens with one attached hydrogen (secondary N) is 1. The molecule has 0 saturated carbocycles. The molecule has 1 aliphatic rings. The molecule has 2 unspecified atom stereocenters. The molecule has 1 aromatic heterocycles. The Kier molecular flexibility index (Phi) is 10.9. The molecule has 1 saturated heterocycles. The monoisotopic (exact) mass is 493 g/mol. The van der Waals surface area contributed by atoms with Crippen LogP contribution in [0, 0.1) is 0 Å². The van der Waals surface area contributed by atoms with E-state index >= 15 is 0 Å². The van der Waals surface area contributed by atoms with Crippen molar-refractivity contribution in [2.24, 2.45) is 7.05 Å². The Hall–Kier alpha value is -2.57. The lowest BCUT2D eigenvalue weighted by molar-refractivity contribution is -0.130. The topological polar surface area (TPSA) is 130 Å². The fourth-order valence-electron chi connectivity index (χ4n) is 4.20. The summed E-state index contributed by atoms with van der Waals surface area (Å²) in [6.45, 7) is 3.31. The van der Waals surface area contributed by atoms with Crippen molar-refractivity contribution in [2.75, 3.05) is 52.9 Å². The number of imidazole rings is 1. The maximum absolute atomic E-state index is 13.0. The van der Waals surface area contributed by atoms with E-state index in [1.807, 2.05) is 18.2 Å². The fourth-order valence-corrected chi connectivity index (χ4v) is 4.20. The van der Waals surface area contributed by atoms with Gasteiger partial charge in [-0.3, -0.25) is 13.9 Å². The Morgan fingerprint density at radius 1 is 1.00 bits per heavy atom. The highest BCUT2D eigenvalue weighted by Crippen LogP contribution is 2.26. The normalized spacial score (nSPS) is 18.2. The number of rotatable bonds is 16. The van der Waals surface area contributed by atoms with Gasteiger partial charge in [-0.15, -0.1) is 0 Å². The zero-order valence-electron chi connectivity index (χ0n) is 20.1. The Morgan fingerprint density at radius 3 is 2.31 bits per heavy atom. The van der Waals surface area contributed by atoms with Gasteiger partial charge in [-0.1, -0.05) is 12.1 Å². The van der Waals surface area contributed by atoms with Crippen LogP contribution in [0.15, 0.2) is 23.0 Å². The molecule has 194 valence electrons. The molecule has 2 aromatic rings. The number of benzene rings is 1. The summed E-state index contributed by atoms with van der Waals surface area (Å²) in [5.74, 6) is -0.338. The summed E-state index contributed by atoms with van der Waals surface area (Å²) in [6.07, 6.45) is 2.16. The highest BCUT2D eigenvalue weighted by molar-refractivity contribution is 5.86. The number of aromatic nitrogens is 2. The first-order valence-corrected chi connectivity index (χ1v) is 12.0. The predicted molar refractivity (Wildman–Crippen MR) is 127 cm³/mol. The highest BCUT2D eigenvalue weighted by Gasteiger charge is 2.31. The van der Waals surface area contributed by atoms with Crippen LogP contribution in [0.3, 0.4) is 0 Å². The summed E-state index contributed by atoms with van der Waals surface area (Å²) in [6, 6.07) is 5.11. The van der Waals surface area contributed by atoms with Crippen molar-refractivity contribution in [3.8, 4) is 0 Å². The van der Waals surface area contributed by atoms with E-state index in [4.69, 9.17) is 18.9 Å². The van der Waals surface area contributed by atoms with Crippen LogP contribution in [0.5, 0.6) is 0 Å². The van der Waals surface area contributed by atoms with Crippen molar-refractivity contribution in [2.45, 2.75) is 38.0 Å². The molecule has 1 fully saturated rings. The SMILES string of the molecule is Cn1c(=O)n(C2CCC(O)NC2=O)c2cccc(CCCOCCOCCOCCOCC=O)c21. The first kappa shape index (κ1) is 27.0. The Morgan fingerprint density at radius 2 is 1.66 bits per heavy atom. The number of fused-ring (bicyclic) bond motifs is 1. The van der Waals surface area contributed by atoms with E-state index < -0.39 is 12.3 Å². The van der Waals surface area contributed by atoms with Crippen LogP contribution in [-0.2, 0) is 42.0 Å². The van der Waals surface area contributed by atoms with E-state index in [1.165, 1.54) is 4.57 Å². The van der Waals surface area contributed by atoms with Crippen LogP contribution in [0.2, 0.25) is 0 Å². The number of piperidine rings is 1. The van der Waals surface area contributed by atoms with E-state index in [2.05, 4.69) is 5.32 Å². The maximum Gasteiger partial charge on any atom is 0.329 e. The van der Waals surface area contributed by atoms with Gasteiger partial charge in [0.2, 0.25) is 5.91 Å². The number of aryl methyl sites for hydroxylation is 2. The van der Waals surface area contributed by atoms with Crippen molar-refractivity contribution in [3.63, 3.8) is 0 Å². The number of aliphatic hydroxyl groups excluding tert-OH is 1. The van der Waals surface area contributed by atoms with Gasteiger partial charge in [0.25, 0.3) is 0 Å². The van der Waals surface area contributed by atoms with Crippen molar-refractivity contribution < 1.29 is 33.6 Å². The second-order valence-corrected chi connectivity index (χ2v) is 8.30. The summed E-state index contributed by atoms with van der Waals surface area (Å²) in [5.41, 5.74) is 2.32. The standard InChI is InChI=1S/C24H35N3O8/c1-26-22-18(5-3-10-32-12-14-34-16-17-35-15-13-33-11-9-28)4-2-6-19(22)27(24(26)31)20-7-8-21(29)25-23(20)30/h2,4,6,9,20-21,29H,3,5,7-8,10-17H2,1H3,(H,25,30). The molecule has 0 aliphatic carbocycles. The average molecular weight is 494 g/mol. The minimum absolute atomic E-state index is 0.0855. The van der Waals surface area contributed by atoms with Gasteiger partial charge in [0.1, 0.15) is 25.2 Å². The number of nitrogens with zero attached hydrogens (tertiary/aromatic N) is 2. The molecular formula is C24H35N3O8. The average Bonchev–Trinajstić information content (AvgIpc) is 3.10. The van der Waals surface area contributed by atoms with E-state index in [0.717, 1.165) is 29.4 Å². The molecule has 2 atom stereocenters. The summed E-state index contributed by atoms with van der Waals surface area (Å²) in [4.78, 5) is 35.5. The number of ether oxygens (including phenoxy) is 4. The lowest BCUT2D eigenvalue weighted by Crippen LogP contribution is -2.46. The lowest BCUT2D eigenvalue weighted by Gasteiger charge is -2.26. The van der Waals surface area contributed by atoms with Crippen LogP contribution in [-0.4, -0.2) is 85.5 Å². The molecule has 2 N–H and O–H groups in total. The van der Waals surface area contributed by atoms with Gasteiger partial charge < -0.3 is 34.2 Å². The number of aldehydes is 1. The second-order valence-electron chi connectivity index (χ2n) is 8.30. The zero-order chi connectivity index (χ0) is 25.0. The van der Waals surface area contributed by atoms with Crippen LogP contribution in [0.25, 0.3) is 11.0 Å². The van der Waals surface area contributed by atoms with Gasteiger partial charge in [-0.25, -0.2) is 4.79 Å². The zero-order valence-corrected chi connectivity index (χ0v) is 20.1. The number of hydrogen-bond donors (Lipinski definition) is 2. The summed E-state index contributed by atoms with van der Waals surface area (Å²) in [7, 11) is 1.72. The predicted octanol–water partition coefficient (Wildman–Crippen LogP) is 0.307. The van der Waals surface area contributed by atoms with E-state index in [1.54, 1.807) is 11.6 Å². The lowest BCUT2D eigenvalue weighted by atomic mass is 10.0. The van der Waals surface area contributed by atoms with E-state index in [0.29, 0.717) is 65.4 Å². The van der Waals surface area contributed by atoms with Crippen molar-refractivity contribution in [1.82, 2.24) is 14.5 Å². The van der Waals surface area contributed by atoms with Crippen LogP contribution in [0.1, 0.15) is 30.9 Å². The van der Waals surface area contributed by atoms with Gasteiger partial charge in [0.15, 0.2) is 0 Å².